The van der Waals surface area contributed by atoms with E-state index in [4.69, 9.17) is 0 Å². The number of halogens is 2. The topological polar surface area (TPSA) is 62.2 Å². The molecule has 0 saturated carbocycles. The van der Waals surface area contributed by atoms with E-state index in [0.29, 0.717) is 6.42 Å². The van der Waals surface area contributed by atoms with E-state index < -0.39 is 39.2 Å². The number of nitrogens with zero attached hydrogens (tertiary/aromatic N) is 1. The van der Waals surface area contributed by atoms with Crippen LogP contribution in [0.1, 0.15) is 37.9 Å². The third kappa shape index (κ3) is 4.36. The molecule has 0 saturated heterocycles. The Labute approximate surface area is 142 Å². The average Bonchev–Trinajstić information content (AvgIpc) is 2.52. The van der Waals surface area contributed by atoms with E-state index in [2.05, 4.69) is 9.71 Å². The summed E-state index contributed by atoms with van der Waals surface area (Å²) in [5, 5.41) is 9.53. The Morgan fingerprint density at radius 3 is 2.42 bits per heavy atom. The highest BCUT2D eigenvalue weighted by molar-refractivity contribution is 7.84. The van der Waals surface area contributed by atoms with Crippen LogP contribution in [0.4, 0.5) is 8.78 Å². The Hall–Kier alpha value is -1.86. The Bertz CT molecular complexity index is 733. The maximum atomic E-state index is 14.3. The molecule has 0 aliphatic heterocycles. The molecular weight excluding hydrogens is 334 g/mol. The van der Waals surface area contributed by atoms with Crippen molar-refractivity contribution in [3.8, 4) is 5.75 Å². The van der Waals surface area contributed by atoms with Gasteiger partial charge in [0.1, 0.15) is 0 Å². The molecule has 0 radical (unpaired) electrons. The van der Waals surface area contributed by atoms with Crippen LogP contribution in [0.2, 0.25) is 0 Å². The number of phenolic OH excluding ortho intramolecular Hbond substituents is 1. The molecule has 24 heavy (non-hydrogen) atoms. The van der Waals surface area contributed by atoms with Crippen LogP contribution in [0.25, 0.3) is 0 Å². The molecule has 0 aliphatic rings. The van der Waals surface area contributed by atoms with Crippen molar-refractivity contribution >= 4 is 11.0 Å². The van der Waals surface area contributed by atoms with Gasteiger partial charge in [-0.25, -0.2) is 17.7 Å². The summed E-state index contributed by atoms with van der Waals surface area (Å²) in [5.41, 5.74) is 0.903. The Morgan fingerprint density at radius 1 is 1.21 bits per heavy atom. The zero-order valence-corrected chi connectivity index (χ0v) is 14.5. The summed E-state index contributed by atoms with van der Waals surface area (Å²) in [6.45, 7) is 5.37. The Morgan fingerprint density at radius 2 is 1.83 bits per heavy atom. The number of aromatic hydroxyl groups is 1. The molecule has 1 unspecified atom stereocenters. The maximum Gasteiger partial charge on any atom is 0.188 e. The largest absolute Gasteiger partial charge is 0.503 e. The van der Waals surface area contributed by atoms with Crippen LogP contribution >= 0.6 is 0 Å². The highest BCUT2D eigenvalue weighted by atomic mass is 32.2. The first-order valence-electron chi connectivity index (χ1n) is 7.44. The van der Waals surface area contributed by atoms with Gasteiger partial charge in [-0.05, 0) is 51.0 Å². The third-order valence-corrected chi connectivity index (χ3v) is 5.08. The molecule has 4 nitrogen and oxygen atoms in total. The molecule has 0 bridgehead atoms. The van der Waals surface area contributed by atoms with Gasteiger partial charge < -0.3 is 5.11 Å². The summed E-state index contributed by atoms with van der Waals surface area (Å²) < 4.78 is 42.4. The smallest absolute Gasteiger partial charge is 0.188 e. The van der Waals surface area contributed by atoms with Crippen molar-refractivity contribution in [3.63, 3.8) is 0 Å². The predicted molar refractivity (Wildman–Crippen MR) is 89.7 cm³/mol. The van der Waals surface area contributed by atoms with Gasteiger partial charge in [-0.2, -0.15) is 0 Å². The van der Waals surface area contributed by atoms with Crippen molar-refractivity contribution < 1.29 is 18.1 Å². The maximum absolute atomic E-state index is 14.3. The zero-order valence-electron chi connectivity index (χ0n) is 13.7. The van der Waals surface area contributed by atoms with Crippen LogP contribution in [0.15, 0.2) is 36.7 Å². The normalized spacial score (nSPS) is 14.4. The SMILES string of the molecule is CC(C)(C)[S@](=O)NC(Cc1ccncc1)c1ccc(F)c(O)c1F. The highest BCUT2D eigenvalue weighted by Gasteiger charge is 2.27. The number of hydrogen-bond acceptors (Lipinski definition) is 3. The van der Waals surface area contributed by atoms with Gasteiger partial charge in [0, 0.05) is 18.0 Å². The Kier molecular flexibility index (Phi) is 5.66. The van der Waals surface area contributed by atoms with Crippen LogP contribution in [0, 0.1) is 11.6 Å². The minimum absolute atomic E-state index is 0.0586. The van der Waals surface area contributed by atoms with Crippen molar-refractivity contribution in [2.75, 3.05) is 0 Å². The first kappa shape index (κ1) is 18.5. The van der Waals surface area contributed by atoms with E-state index in [-0.39, 0.29) is 5.56 Å². The van der Waals surface area contributed by atoms with Gasteiger partial charge in [0.15, 0.2) is 17.4 Å². The lowest BCUT2D eigenvalue weighted by atomic mass is 9.99. The summed E-state index contributed by atoms with van der Waals surface area (Å²) in [4.78, 5) is 3.92. The summed E-state index contributed by atoms with van der Waals surface area (Å²) >= 11 is 0. The van der Waals surface area contributed by atoms with Crippen LogP contribution < -0.4 is 4.72 Å². The molecule has 0 spiro atoms. The van der Waals surface area contributed by atoms with Gasteiger partial charge in [0.05, 0.1) is 21.8 Å². The van der Waals surface area contributed by atoms with E-state index in [1.807, 2.05) is 0 Å². The fraction of sp³-hybridized carbons (Fsp3) is 0.353. The molecule has 2 N–H and O–H groups in total. The monoisotopic (exact) mass is 354 g/mol. The summed E-state index contributed by atoms with van der Waals surface area (Å²) in [7, 11) is -1.47. The van der Waals surface area contributed by atoms with Gasteiger partial charge >= 0.3 is 0 Å². The second kappa shape index (κ2) is 7.36. The minimum Gasteiger partial charge on any atom is -0.503 e. The molecule has 0 fully saturated rings. The second-order valence-corrected chi connectivity index (χ2v) is 8.41. The fourth-order valence-corrected chi connectivity index (χ4v) is 2.92. The molecule has 2 atom stereocenters. The van der Waals surface area contributed by atoms with Gasteiger partial charge in [-0.15, -0.1) is 0 Å². The van der Waals surface area contributed by atoms with Gasteiger partial charge in [-0.3, -0.25) is 4.98 Å². The number of aromatic nitrogens is 1. The van der Waals surface area contributed by atoms with E-state index in [9.17, 15) is 18.1 Å². The van der Waals surface area contributed by atoms with E-state index in [1.165, 1.54) is 6.07 Å². The zero-order chi connectivity index (χ0) is 17.9. The van der Waals surface area contributed by atoms with Crippen molar-refractivity contribution in [3.05, 3.63) is 59.4 Å². The molecule has 1 heterocycles. The van der Waals surface area contributed by atoms with E-state index in [0.717, 1.165) is 11.6 Å². The van der Waals surface area contributed by atoms with Crippen molar-refractivity contribution in [1.82, 2.24) is 9.71 Å². The van der Waals surface area contributed by atoms with E-state index in [1.54, 1.807) is 45.3 Å². The lowest BCUT2D eigenvalue weighted by Gasteiger charge is -2.25. The quantitative estimate of drug-likeness (QED) is 0.865. The molecule has 7 heteroatoms. The molecule has 2 rings (SSSR count). The lowest BCUT2D eigenvalue weighted by Crippen LogP contribution is -2.36. The van der Waals surface area contributed by atoms with E-state index >= 15 is 0 Å². The number of phenols is 1. The van der Waals surface area contributed by atoms with Crippen LogP contribution in [-0.2, 0) is 17.4 Å². The number of benzene rings is 1. The molecule has 1 aromatic heterocycles. The third-order valence-electron chi connectivity index (χ3n) is 3.47. The minimum atomic E-state index is -1.47. The molecule has 1 aromatic carbocycles. The molecule has 130 valence electrons. The van der Waals surface area contributed by atoms with Gasteiger partial charge in [-0.1, -0.05) is 6.07 Å². The fourth-order valence-electron chi connectivity index (χ4n) is 2.10. The molecular formula is C17H20F2N2O2S. The number of rotatable bonds is 5. The van der Waals surface area contributed by atoms with Crippen molar-refractivity contribution in [2.45, 2.75) is 38.0 Å². The highest BCUT2D eigenvalue weighted by Crippen LogP contribution is 2.30. The lowest BCUT2D eigenvalue weighted by molar-refractivity contribution is 0.389. The Balaban J connectivity index is 2.39. The summed E-state index contributed by atoms with van der Waals surface area (Å²) in [6, 6.07) is 5.07. The molecule has 2 aromatic rings. The first-order chi connectivity index (χ1) is 11.2. The standard InChI is InChI=1S/C17H20F2N2O2S/c1-17(2,3)24(23)21-14(10-11-6-8-20-9-7-11)12-4-5-13(18)16(22)15(12)19/h4-9,14,21-22H,10H2,1-3H3/t14?,24-/m0/s1. The first-order valence-corrected chi connectivity index (χ1v) is 8.59. The number of nitrogens with one attached hydrogen (secondary N) is 1. The number of hydrogen-bond donors (Lipinski definition) is 2. The summed E-state index contributed by atoms with van der Waals surface area (Å²) in [6.07, 6.45) is 3.52. The molecule has 0 aliphatic carbocycles. The van der Waals surface area contributed by atoms with Crippen LogP contribution in [-0.4, -0.2) is 19.0 Å². The van der Waals surface area contributed by atoms with Crippen molar-refractivity contribution in [2.24, 2.45) is 0 Å². The van der Waals surface area contributed by atoms with Crippen LogP contribution in [0.3, 0.4) is 0 Å². The van der Waals surface area contributed by atoms with Crippen molar-refractivity contribution in [1.29, 1.82) is 0 Å². The van der Waals surface area contributed by atoms with Gasteiger partial charge in [0.2, 0.25) is 0 Å². The predicted octanol–water partition coefficient (Wildman–Crippen LogP) is 3.40. The summed E-state index contributed by atoms with van der Waals surface area (Å²) in [5.74, 6) is -3.11. The van der Waals surface area contributed by atoms with Gasteiger partial charge in [0.25, 0.3) is 0 Å². The average molecular weight is 354 g/mol. The second-order valence-electron chi connectivity index (χ2n) is 6.41. The van der Waals surface area contributed by atoms with Crippen LogP contribution in [0.5, 0.6) is 5.75 Å². The molecule has 0 amide bonds. The number of pyridine rings is 1.